The van der Waals surface area contributed by atoms with Crippen molar-refractivity contribution in [2.45, 2.75) is 58.9 Å². The number of carbonyl (C=O) groups excluding carboxylic acids is 1. The Labute approximate surface area is 122 Å². The molecule has 0 radical (unpaired) electrons. The third-order valence-corrected chi connectivity index (χ3v) is 5.79. The molecule has 0 aliphatic carbocycles. The van der Waals surface area contributed by atoms with E-state index in [4.69, 9.17) is 4.74 Å². The van der Waals surface area contributed by atoms with Crippen LogP contribution in [-0.2, 0) is 19.6 Å². The van der Waals surface area contributed by atoms with E-state index in [-0.39, 0.29) is 18.3 Å². The Kier molecular flexibility index (Phi) is 6.95. The van der Waals surface area contributed by atoms with E-state index in [0.717, 1.165) is 25.7 Å². The second-order valence-corrected chi connectivity index (χ2v) is 7.51. The molecule has 0 spiro atoms. The summed E-state index contributed by atoms with van der Waals surface area (Å²) in [5, 5.41) is 0. The molecule has 6 heteroatoms. The van der Waals surface area contributed by atoms with E-state index in [0.29, 0.717) is 13.0 Å². The van der Waals surface area contributed by atoms with Gasteiger partial charge in [0.2, 0.25) is 10.0 Å². The van der Waals surface area contributed by atoms with E-state index in [1.807, 2.05) is 13.8 Å². The third-order valence-electron chi connectivity index (χ3n) is 3.65. The maximum absolute atomic E-state index is 12.5. The fourth-order valence-corrected chi connectivity index (χ4v) is 4.81. The first-order valence-corrected chi connectivity index (χ1v) is 9.19. The number of piperidine rings is 1. The van der Waals surface area contributed by atoms with Gasteiger partial charge in [0.25, 0.3) is 0 Å². The maximum Gasteiger partial charge on any atom is 0.324 e. The molecule has 0 aromatic rings. The molecule has 1 aliphatic rings. The topological polar surface area (TPSA) is 63.7 Å². The van der Waals surface area contributed by atoms with E-state index in [1.165, 1.54) is 4.31 Å². The highest BCUT2D eigenvalue weighted by atomic mass is 32.2. The Morgan fingerprint density at radius 1 is 1.35 bits per heavy atom. The third kappa shape index (κ3) is 4.74. The first kappa shape index (κ1) is 17.4. The van der Waals surface area contributed by atoms with Crippen LogP contribution in [0.15, 0.2) is 0 Å². The van der Waals surface area contributed by atoms with Gasteiger partial charge in [0, 0.05) is 6.54 Å². The van der Waals surface area contributed by atoms with Crippen molar-refractivity contribution in [2.75, 3.05) is 18.9 Å². The average molecular weight is 305 g/mol. The van der Waals surface area contributed by atoms with Crippen molar-refractivity contribution in [1.29, 1.82) is 0 Å². The molecule has 2 atom stereocenters. The van der Waals surface area contributed by atoms with Gasteiger partial charge in [-0.15, -0.1) is 0 Å². The summed E-state index contributed by atoms with van der Waals surface area (Å²) in [7, 11) is -3.38. The van der Waals surface area contributed by atoms with E-state index in [9.17, 15) is 13.2 Å². The van der Waals surface area contributed by atoms with Crippen molar-refractivity contribution in [3.8, 4) is 0 Å². The standard InChI is InChI=1S/C14H27NO4S/c1-4-8-12(3)11-20(17,18)15-10-7-6-9-13(15)14(16)19-5-2/h12-13H,4-11H2,1-3H3. The van der Waals surface area contributed by atoms with Gasteiger partial charge in [-0.05, 0) is 38.5 Å². The summed E-state index contributed by atoms with van der Waals surface area (Å²) in [5.41, 5.74) is 0. The Hall–Kier alpha value is -0.620. The molecule has 0 amide bonds. The zero-order chi connectivity index (χ0) is 15.2. The SMILES string of the molecule is CCCC(C)CS(=O)(=O)N1CCCCC1C(=O)OCC. The minimum atomic E-state index is -3.38. The number of ether oxygens (including phenoxy) is 1. The molecule has 0 saturated carbocycles. The van der Waals surface area contributed by atoms with E-state index < -0.39 is 22.0 Å². The molecule has 0 aromatic carbocycles. The van der Waals surface area contributed by atoms with Crippen LogP contribution in [0.3, 0.4) is 0 Å². The monoisotopic (exact) mass is 305 g/mol. The molecule has 1 saturated heterocycles. The summed E-state index contributed by atoms with van der Waals surface area (Å²) in [6.07, 6.45) is 4.12. The first-order valence-electron chi connectivity index (χ1n) is 7.58. The van der Waals surface area contributed by atoms with Crippen LogP contribution in [0.5, 0.6) is 0 Å². The molecule has 2 unspecified atom stereocenters. The Balaban J connectivity index is 2.80. The van der Waals surface area contributed by atoms with Crippen LogP contribution in [0.25, 0.3) is 0 Å². The molecule has 1 aliphatic heterocycles. The summed E-state index contributed by atoms with van der Waals surface area (Å²) in [5.74, 6) is -0.162. The first-order chi connectivity index (χ1) is 9.42. The Bertz CT molecular complexity index is 407. The lowest BCUT2D eigenvalue weighted by Gasteiger charge is -2.33. The number of rotatable bonds is 7. The number of nitrogens with zero attached hydrogens (tertiary/aromatic N) is 1. The van der Waals surface area contributed by atoms with Gasteiger partial charge in [0.05, 0.1) is 12.4 Å². The average Bonchev–Trinajstić information content (AvgIpc) is 2.38. The van der Waals surface area contributed by atoms with Crippen molar-refractivity contribution in [3.05, 3.63) is 0 Å². The molecule has 0 aromatic heterocycles. The lowest BCUT2D eigenvalue weighted by Crippen LogP contribution is -2.49. The fourth-order valence-electron chi connectivity index (χ4n) is 2.74. The van der Waals surface area contributed by atoms with Gasteiger partial charge in [0.15, 0.2) is 0 Å². The van der Waals surface area contributed by atoms with Crippen LogP contribution < -0.4 is 0 Å². The van der Waals surface area contributed by atoms with Gasteiger partial charge < -0.3 is 4.74 Å². The predicted molar refractivity (Wildman–Crippen MR) is 78.8 cm³/mol. The van der Waals surface area contributed by atoms with Crippen LogP contribution in [0.1, 0.15) is 52.9 Å². The molecule has 1 heterocycles. The number of hydrogen-bond acceptors (Lipinski definition) is 4. The molecule has 20 heavy (non-hydrogen) atoms. The summed E-state index contributed by atoms with van der Waals surface area (Å²) in [4.78, 5) is 11.9. The number of esters is 1. The molecule has 1 rings (SSSR count). The second-order valence-electron chi connectivity index (χ2n) is 5.55. The van der Waals surface area contributed by atoms with E-state index in [1.54, 1.807) is 6.92 Å². The zero-order valence-corrected chi connectivity index (χ0v) is 13.6. The molecule has 118 valence electrons. The largest absolute Gasteiger partial charge is 0.465 e. The van der Waals surface area contributed by atoms with Crippen molar-refractivity contribution >= 4 is 16.0 Å². The molecule has 0 N–H and O–H groups in total. The number of sulfonamides is 1. The van der Waals surface area contributed by atoms with Crippen molar-refractivity contribution in [3.63, 3.8) is 0 Å². The molecule has 0 bridgehead atoms. The normalized spacial score (nSPS) is 22.4. The quantitative estimate of drug-likeness (QED) is 0.676. The second kappa shape index (κ2) is 7.98. The van der Waals surface area contributed by atoms with Gasteiger partial charge in [-0.3, -0.25) is 4.79 Å². The molecular weight excluding hydrogens is 278 g/mol. The molecule has 5 nitrogen and oxygen atoms in total. The van der Waals surface area contributed by atoms with Gasteiger partial charge in [-0.25, -0.2) is 8.42 Å². The highest BCUT2D eigenvalue weighted by molar-refractivity contribution is 7.89. The minimum Gasteiger partial charge on any atom is -0.465 e. The van der Waals surface area contributed by atoms with Gasteiger partial charge in [0.1, 0.15) is 6.04 Å². The van der Waals surface area contributed by atoms with Crippen molar-refractivity contribution < 1.29 is 17.9 Å². The molecular formula is C14H27NO4S. The summed E-state index contributed by atoms with van der Waals surface area (Å²) in [6, 6.07) is -0.623. The smallest absolute Gasteiger partial charge is 0.324 e. The van der Waals surface area contributed by atoms with Crippen LogP contribution in [-0.4, -0.2) is 43.6 Å². The van der Waals surface area contributed by atoms with Crippen LogP contribution in [0.4, 0.5) is 0 Å². The van der Waals surface area contributed by atoms with Crippen LogP contribution >= 0.6 is 0 Å². The van der Waals surface area contributed by atoms with E-state index in [2.05, 4.69) is 0 Å². The molecule has 1 fully saturated rings. The predicted octanol–water partition coefficient (Wildman–Crippen LogP) is 2.17. The maximum atomic E-state index is 12.5. The van der Waals surface area contributed by atoms with Crippen LogP contribution in [0.2, 0.25) is 0 Å². The summed E-state index contributed by atoms with van der Waals surface area (Å²) >= 11 is 0. The lowest BCUT2D eigenvalue weighted by molar-refractivity contribution is -0.148. The van der Waals surface area contributed by atoms with Crippen LogP contribution in [0, 0.1) is 5.92 Å². The Morgan fingerprint density at radius 2 is 2.05 bits per heavy atom. The summed E-state index contributed by atoms with van der Waals surface area (Å²) in [6.45, 7) is 6.46. The van der Waals surface area contributed by atoms with E-state index >= 15 is 0 Å². The fraction of sp³-hybridized carbons (Fsp3) is 0.929. The van der Waals surface area contributed by atoms with Crippen molar-refractivity contribution in [1.82, 2.24) is 4.31 Å². The van der Waals surface area contributed by atoms with Gasteiger partial charge in [-0.1, -0.05) is 20.3 Å². The minimum absolute atomic E-state index is 0.120. The van der Waals surface area contributed by atoms with Gasteiger partial charge >= 0.3 is 5.97 Å². The summed E-state index contributed by atoms with van der Waals surface area (Å²) < 4.78 is 31.4. The Morgan fingerprint density at radius 3 is 2.65 bits per heavy atom. The lowest BCUT2D eigenvalue weighted by atomic mass is 10.1. The highest BCUT2D eigenvalue weighted by Gasteiger charge is 2.37. The highest BCUT2D eigenvalue weighted by Crippen LogP contribution is 2.23. The number of hydrogen-bond donors (Lipinski definition) is 0. The van der Waals surface area contributed by atoms with Crippen molar-refractivity contribution in [2.24, 2.45) is 5.92 Å². The number of carbonyl (C=O) groups is 1. The zero-order valence-electron chi connectivity index (χ0n) is 12.8. The van der Waals surface area contributed by atoms with Gasteiger partial charge in [-0.2, -0.15) is 4.31 Å².